The van der Waals surface area contributed by atoms with Crippen molar-refractivity contribution in [2.24, 2.45) is 0 Å². The van der Waals surface area contributed by atoms with Gasteiger partial charge in [-0.15, -0.1) is 0 Å². The fourth-order valence-corrected chi connectivity index (χ4v) is 2.49. The third-order valence-corrected chi connectivity index (χ3v) is 3.53. The molecule has 0 radical (unpaired) electrons. The summed E-state index contributed by atoms with van der Waals surface area (Å²) >= 11 is 3.39. The van der Waals surface area contributed by atoms with Gasteiger partial charge >= 0.3 is 0 Å². The highest BCUT2D eigenvalue weighted by Gasteiger charge is 2.29. The molecule has 1 atom stereocenters. The molecule has 2 aromatic heterocycles. The summed E-state index contributed by atoms with van der Waals surface area (Å²) in [5, 5.41) is 6.72. The molecule has 2 aromatic rings. The number of carbonyl (C=O) groups excluding carboxylic acids is 2. The second-order valence-electron chi connectivity index (χ2n) is 4.29. The van der Waals surface area contributed by atoms with Gasteiger partial charge in [-0.1, -0.05) is 15.9 Å². The van der Waals surface area contributed by atoms with E-state index in [0.717, 1.165) is 9.99 Å². The molecule has 0 aromatic carbocycles. The lowest BCUT2D eigenvalue weighted by Gasteiger charge is -2.18. The van der Waals surface area contributed by atoms with Crippen molar-refractivity contribution in [3.63, 3.8) is 0 Å². The zero-order chi connectivity index (χ0) is 12.7. The van der Waals surface area contributed by atoms with Gasteiger partial charge in [0, 0.05) is 17.1 Å². The van der Waals surface area contributed by atoms with Crippen molar-refractivity contribution in [2.75, 3.05) is 0 Å². The van der Waals surface area contributed by atoms with E-state index in [2.05, 4.69) is 26.3 Å². The van der Waals surface area contributed by atoms with Crippen LogP contribution in [0.3, 0.4) is 0 Å². The molecule has 92 valence electrons. The zero-order valence-electron chi connectivity index (χ0n) is 9.39. The van der Waals surface area contributed by atoms with E-state index >= 15 is 0 Å². The van der Waals surface area contributed by atoms with E-state index in [0.29, 0.717) is 18.5 Å². The summed E-state index contributed by atoms with van der Waals surface area (Å²) in [4.78, 5) is 22.9. The van der Waals surface area contributed by atoms with Gasteiger partial charge in [-0.25, -0.2) is 4.52 Å². The molecule has 1 aliphatic heterocycles. The van der Waals surface area contributed by atoms with Crippen molar-refractivity contribution in [3.05, 3.63) is 34.6 Å². The Hall–Kier alpha value is -1.69. The fourth-order valence-electron chi connectivity index (χ4n) is 2.13. The van der Waals surface area contributed by atoms with Gasteiger partial charge in [0.2, 0.25) is 11.8 Å². The second-order valence-corrected chi connectivity index (χ2v) is 5.20. The standard InChI is InChI=1S/C12H10BrN3O2/c13-7-3-4-16-8(5-7)6-10(15-16)9-1-2-11(17)14-12(9)18/h3-6,9H,1-2H2,(H,14,17,18). The van der Waals surface area contributed by atoms with E-state index in [4.69, 9.17) is 0 Å². The minimum Gasteiger partial charge on any atom is -0.296 e. The molecule has 0 aliphatic carbocycles. The van der Waals surface area contributed by atoms with E-state index in [9.17, 15) is 9.59 Å². The van der Waals surface area contributed by atoms with Crippen LogP contribution < -0.4 is 5.32 Å². The van der Waals surface area contributed by atoms with Crippen LogP contribution in [-0.4, -0.2) is 21.4 Å². The van der Waals surface area contributed by atoms with Crippen LogP contribution in [0.5, 0.6) is 0 Å². The smallest absolute Gasteiger partial charge is 0.235 e. The molecular weight excluding hydrogens is 298 g/mol. The summed E-state index contributed by atoms with van der Waals surface area (Å²) < 4.78 is 2.69. The molecule has 1 saturated heterocycles. The summed E-state index contributed by atoms with van der Waals surface area (Å²) in [6.07, 6.45) is 2.72. The highest BCUT2D eigenvalue weighted by atomic mass is 79.9. The highest BCUT2D eigenvalue weighted by molar-refractivity contribution is 9.10. The molecule has 0 bridgehead atoms. The SMILES string of the molecule is O=C1CCC(c2cc3cc(Br)ccn3n2)C(=O)N1. The molecule has 6 heteroatoms. The highest BCUT2D eigenvalue weighted by Crippen LogP contribution is 2.25. The van der Waals surface area contributed by atoms with Crippen molar-refractivity contribution in [3.8, 4) is 0 Å². The number of amides is 2. The normalized spacial score (nSPS) is 20.2. The third kappa shape index (κ3) is 1.92. The zero-order valence-corrected chi connectivity index (χ0v) is 11.0. The molecule has 1 N–H and O–H groups in total. The number of piperidine rings is 1. The van der Waals surface area contributed by atoms with Crippen molar-refractivity contribution in [1.82, 2.24) is 14.9 Å². The first-order valence-electron chi connectivity index (χ1n) is 5.62. The van der Waals surface area contributed by atoms with Crippen LogP contribution in [0.25, 0.3) is 5.52 Å². The summed E-state index contributed by atoms with van der Waals surface area (Å²) in [5.74, 6) is -0.794. The number of hydrogen-bond acceptors (Lipinski definition) is 3. The number of aromatic nitrogens is 2. The Morgan fingerprint density at radius 1 is 1.39 bits per heavy atom. The maximum atomic E-state index is 11.8. The summed E-state index contributed by atoms with van der Waals surface area (Å²) in [6.45, 7) is 0. The molecule has 1 aliphatic rings. The number of imide groups is 1. The Kier molecular flexibility index (Phi) is 2.66. The van der Waals surface area contributed by atoms with Crippen LogP contribution in [0, 0.1) is 0 Å². The van der Waals surface area contributed by atoms with Gasteiger partial charge in [0.25, 0.3) is 0 Å². The number of nitrogens with one attached hydrogen (secondary N) is 1. The summed E-state index contributed by atoms with van der Waals surface area (Å²) in [5.41, 5.74) is 1.63. The fraction of sp³-hybridized carbons (Fsp3) is 0.250. The Bertz CT molecular complexity index is 650. The number of carbonyl (C=O) groups is 2. The van der Waals surface area contributed by atoms with Crippen molar-refractivity contribution < 1.29 is 9.59 Å². The first-order valence-corrected chi connectivity index (χ1v) is 6.41. The van der Waals surface area contributed by atoms with Crippen molar-refractivity contribution >= 4 is 33.3 Å². The lowest BCUT2D eigenvalue weighted by Crippen LogP contribution is -2.39. The lowest BCUT2D eigenvalue weighted by molar-refractivity contribution is -0.134. The molecule has 0 saturated carbocycles. The molecule has 0 spiro atoms. The largest absolute Gasteiger partial charge is 0.296 e. The monoisotopic (exact) mass is 307 g/mol. The molecular formula is C12H10BrN3O2. The molecule has 1 unspecified atom stereocenters. The Morgan fingerprint density at radius 2 is 2.22 bits per heavy atom. The molecule has 1 fully saturated rings. The predicted molar refractivity (Wildman–Crippen MR) is 68.0 cm³/mol. The van der Waals surface area contributed by atoms with E-state index < -0.39 is 0 Å². The third-order valence-electron chi connectivity index (χ3n) is 3.04. The summed E-state index contributed by atoms with van der Waals surface area (Å²) in [6, 6.07) is 5.70. The van der Waals surface area contributed by atoms with Gasteiger partial charge in [0.1, 0.15) is 0 Å². The van der Waals surface area contributed by atoms with Gasteiger partial charge < -0.3 is 0 Å². The first kappa shape index (κ1) is 11.4. The Balaban J connectivity index is 1.99. The van der Waals surface area contributed by atoms with Crippen molar-refractivity contribution in [1.29, 1.82) is 0 Å². The molecule has 5 nitrogen and oxygen atoms in total. The number of rotatable bonds is 1. The average Bonchev–Trinajstić information content (AvgIpc) is 2.71. The average molecular weight is 308 g/mol. The van der Waals surface area contributed by atoms with Crippen LogP contribution in [-0.2, 0) is 9.59 Å². The number of halogens is 1. The Labute approximate surface area is 111 Å². The number of pyridine rings is 1. The number of nitrogens with zero attached hydrogens (tertiary/aromatic N) is 2. The van der Waals surface area contributed by atoms with Crippen LogP contribution in [0.1, 0.15) is 24.5 Å². The summed E-state index contributed by atoms with van der Waals surface area (Å²) in [7, 11) is 0. The van der Waals surface area contributed by atoms with E-state index in [1.165, 1.54) is 0 Å². The topological polar surface area (TPSA) is 63.5 Å². The second kappa shape index (κ2) is 4.20. The Morgan fingerprint density at radius 3 is 3.00 bits per heavy atom. The molecule has 18 heavy (non-hydrogen) atoms. The van der Waals surface area contributed by atoms with Gasteiger partial charge in [0.05, 0.1) is 17.1 Å². The van der Waals surface area contributed by atoms with E-state index in [1.807, 2.05) is 24.4 Å². The predicted octanol–water partition coefficient (Wildman–Crippen LogP) is 1.62. The molecule has 3 heterocycles. The minimum atomic E-state index is -0.332. The lowest BCUT2D eigenvalue weighted by atomic mass is 9.95. The minimum absolute atomic E-state index is 0.206. The quantitative estimate of drug-likeness (QED) is 0.814. The maximum Gasteiger partial charge on any atom is 0.235 e. The number of hydrogen-bond donors (Lipinski definition) is 1. The van der Waals surface area contributed by atoms with Gasteiger partial charge in [-0.05, 0) is 24.6 Å². The molecule has 3 rings (SSSR count). The van der Waals surface area contributed by atoms with E-state index in [1.54, 1.807) is 4.52 Å². The number of fused-ring (bicyclic) bond motifs is 1. The van der Waals surface area contributed by atoms with Gasteiger partial charge in [-0.2, -0.15) is 5.10 Å². The van der Waals surface area contributed by atoms with Gasteiger partial charge in [-0.3, -0.25) is 14.9 Å². The first-order chi connectivity index (χ1) is 8.63. The maximum absolute atomic E-state index is 11.8. The van der Waals surface area contributed by atoms with Crippen molar-refractivity contribution in [2.45, 2.75) is 18.8 Å². The van der Waals surface area contributed by atoms with Crippen LogP contribution in [0.2, 0.25) is 0 Å². The molecule has 2 amide bonds. The van der Waals surface area contributed by atoms with Gasteiger partial charge in [0.15, 0.2) is 0 Å². The van der Waals surface area contributed by atoms with Crippen LogP contribution in [0.4, 0.5) is 0 Å². The van der Waals surface area contributed by atoms with E-state index in [-0.39, 0.29) is 17.7 Å². The van der Waals surface area contributed by atoms with Crippen LogP contribution >= 0.6 is 15.9 Å². The van der Waals surface area contributed by atoms with Crippen LogP contribution in [0.15, 0.2) is 28.9 Å².